The molecule has 106 valence electrons. The van der Waals surface area contributed by atoms with E-state index in [1.54, 1.807) is 36.4 Å². The number of carbonyl (C=O) groups excluding carboxylic acids is 1. The Kier molecular flexibility index (Phi) is 3.19. The van der Waals surface area contributed by atoms with Crippen LogP contribution in [0, 0.1) is 0 Å². The van der Waals surface area contributed by atoms with Gasteiger partial charge in [0, 0.05) is 0 Å². The summed E-state index contributed by atoms with van der Waals surface area (Å²) in [5.74, 6) is -1.34. The van der Waals surface area contributed by atoms with E-state index in [9.17, 15) is 14.7 Å². The van der Waals surface area contributed by atoms with E-state index in [0.29, 0.717) is 11.0 Å². The van der Waals surface area contributed by atoms with Gasteiger partial charge in [0.15, 0.2) is 5.76 Å². The van der Waals surface area contributed by atoms with Gasteiger partial charge in [-0.25, -0.2) is 0 Å². The zero-order chi connectivity index (χ0) is 14.8. The van der Waals surface area contributed by atoms with Crippen LogP contribution < -0.4 is 15.3 Å². The molecule has 6 nitrogen and oxygen atoms in total. The van der Waals surface area contributed by atoms with Crippen LogP contribution in [-0.4, -0.2) is 12.6 Å². The second-order valence-corrected chi connectivity index (χ2v) is 4.22. The van der Waals surface area contributed by atoms with E-state index >= 15 is 0 Å². The zero-order valence-electron chi connectivity index (χ0n) is 10.7. The van der Waals surface area contributed by atoms with E-state index in [2.05, 4.69) is 0 Å². The van der Waals surface area contributed by atoms with E-state index in [4.69, 9.17) is 13.6 Å². The zero-order valence-corrected chi connectivity index (χ0v) is 10.7. The number of benzene rings is 1. The second-order valence-electron chi connectivity index (χ2n) is 4.22. The molecule has 3 rings (SSSR count). The Labute approximate surface area is 118 Å². The second kappa shape index (κ2) is 5.16. The van der Waals surface area contributed by atoms with Crippen molar-refractivity contribution in [2.24, 2.45) is 0 Å². The largest absolute Gasteiger partial charge is 0.546 e. The van der Waals surface area contributed by atoms with Crippen molar-refractivity contribution in [2.45, 2.75) is 0 Å². The lowest BCUT2D eigenvalue weighted by Gasteiger charge is -2.10. The number of ether oxygens (including phenoxy) is 1. The van der Waals surface area contributed by atoms with Crippen molar-refractivity contribution in [1.29, 1.82) is 0 Å². The fourth-order valence-electron chi connectivity index (χ4n) is 1.96. The highest BCUT2D eigenvalue weighted by atomic mass is 16.5. The third-order valence-corrected chi connectivity index (χ3v) is 2.84. The molecule has 6 heteroatoms. The first kappa shape index (κ1) is 13.0. The number of aliphatic carboxylic acids is 1. The lowest BCUT2D eigenvalue weighted by atomic mass is 10.2. The van der Waals surface area contributed by atoms with Gasteiger partial charge in [0.2, 0.25) is 16.9 Å². The number of carboxylic acid groups (broad SMARTS) is 1. The fraction of sp³-hybridized carbons (Fsp3) is 0.0667. The number of para-hydroxylation sites is 1. The molecule has 0 saturated carbocycles. The molecule has 2 aromatic heterocycles. The van der Waals surface area contributed by atoms with Gasteiger partial charge < -0.3 is 23.5 Å². The normalized spacial score (nSPS) is 10.7. The van der Waals surface area contributed by atoms with Crippen LogP contribution in [0.1, 0.15) is 0 Å². The number of carbonyl (C=O) groups is 1. The standard InChI is InChI=1S/C15H10O6/c16-12(17)8-20-15-13(18)9-4-1-2-5-10(9)21-14(15)11-6-3-7-19-11/h1-7H,8H2,(H,16,17)/p-1. The van der Waals surface area contributed by atoms with Crippen LogP contribution in [0.2, 0.25) is 0 Å². The number of hydrogen-bond donors (Lipinski definition) is 0. The van der Waals surface area contributed by atoms with Gasteiger partial charge in [0.05, 0.1) is 17.6 Å². The third-order valence-electron chi connectivity index (χ3n) is 2.84. The van der Waals surface area contributed by atoms with Gasteiger partial charge in [-0.15, -0.1) is 0 Å². The minimum Gasteiger partial charge on any atom is -0.546 e. The summed E-state index contributed by atoms with van der Waals surface area (Å²) in [7, 11) is 0. The SMILES string of the molecule is O=C([O-])COc1c(-c2ccco2)oc2ccccc2c1=O. The summed E-state index contributed by atoms with van der Waals surface area (Å²) in [5, 5.41) is 10.8. The highest BCUT2D eigenvalue weighted by Crippen LogP contribution is 2.30. The topological polar surface area (TPSA) is 92.7 Å². The molecule has 0 aliphatic heterocycles. The molecule has 0 atom stereocenters. The summed E-state index contributed by atoms with van der Waals surface area (Å²) in [4.78, 5) is 23.0. The maximum atomic E-state index is 12.4. The van der Waals surface area contributed by atoms with Gasteiger partial charge in [0.1, 0.15) is 12.2 Å². The first-order valence-corrected chi connectivity index (χ1v) is 6.09. The Morgan fingerprint density at radius 1 is 1.19 bits per heavy atom. The van der Waals surface area contributed by atoms with E-state index in [0.717, 1.165) is 0 Å². The maximum Gasteiger partial charge on any atom is 0.235 e. The van der Waals surface area contributed by atoms with Crippen molar-refractivity contribution in [3.8, 4) is 17.3 Å². The van der Waals surface area contributed by atoms with Crippen molar-refractivity contribution in [3.05, 3.63) is 52.9 Å². The van der Waals surface area contributed by atoms with Gasteiger partial charge >= 0.3 is 0 Å². The van der Waals surface area contributed by atoms with E-state index in [1.807, 2.05) is 0 Å². The number of hydrogen-bond acceptors (Lipinski definition) is 6. The molecule has 2 heterocycles. The molecule has 0 saturated heterocycles. The van der Waals surface area contributed by atoms with Gasteiger partial charge in [0.25, 0.3) is 0 Å². The Morgan fingerprint density at radius 2 is 2.00 bits per heavy atom. The summed E-state index contributed by atoms with van der Waals surface area (Å²) in [5.41, 5.74) is -0.112. The predicted molar refractivity (Wildman–Crippen MR) is 70.7 cm³/mol. The average Bonchev–Trinajstić information content (AvgIpc) is 3.00. The average molecular weight is 285 g/mol. The molecule has 0 amide bonds. The van der Waals surface area contributed by atoms with E-state index in [1.165, 1.54) is 6.26 Å². The Bertz CT molecular complexity index is 844. The first-order chi connectivity index (χ1) is 10.2. The van der Waals surface area contributed by atoms with Gasteiger partial charge in [-0.3, -0.25) is 4.79 Å². The molecule has 0 unspecified atom stereocenters. The molecule has 0 aliphatic carbocycles. The minimum absolute atomic E-state index is 0.0463. The van der Waals surface area contributed by atoms with Crippen molar-refractivity contribution >= 4 is 16.9 Å². The van der Waals surface area contributed by atoms with Crippen molar-refractivity contribution in [1.82, 2.24) is 0 Å². The maximum absolute atomic E-state index is 12.4. The van der Waals surface area contributed by atoms with Crippen molar-refractivity contribution in [3.63, 3.8) is 0 Å². The van der Waals surface area contributed by atoms with Crippen LogP contribution in [0.5, 0.6) is 5.75 Å². The molecule has 0 bridgehead atoms. The molecule has 0 N–H and O–H groups in total. The lowest BCUT2D eigenvalue weighted by Crippen LogP contribution is -2.30. The third kappa shape index (κ3) is 2.38. The predicted octanol–water partition coefficient (Wildman–Crippen LogP) is 1.18. The van der Waals surface area contributed by atoms with Crippen LogP contribution in [0.25, 0.3) is 22.5 Å². The molecule has 0 radical (unpaired) electrons. The molecule has 3 aromatic rings. The van der Waals surface area contributed by atoms with Crippen LogP contribution in [0.15, 0.2) is 56.3 Å². The van der Waals surface area contributed by atoms with Crippen LogP contribution in [0.4, 0.5) is 0 Å². The first-order valence-electron chi connectivity index (χ1n) is 6.09. The fourth-order valence-corrected chi connectivity index (χ4v) is 1.96. The molecule has 0 spiro atoms. The van der Waals surface area contributed by atoms with E-state index < -0.39 is 18.0 Å². The summed E-state index contributed by atoms with van der Waals surface area (Å²) in [6.45, 7) is -0.753. The summed E-state index contributed by atoms with van der Waals surface area (Å²) in [6, 6.07) is 9.80. The quantitative estimate of drug-likeness (QED) is 0.714. The summed E-state index contributed by atoms with van der Waals surface area (Å²) < 4.78 is 15.8. The monoisotopic (exact) mass is 285 g/mol. The lowest BCUT2D eigenvalue weighted by molar-refractivity contribution is -0.307. The van der Waals surface area contributed by atoms with Crippen LogP contribution in [-0.2, 0) is 4.79 Å². The van der Waals surface area contributed by atoms with Crippen LogP contribution >= 0.6 is 0 Å². The Hall–Kier alpha value is -3.02. The summed E-state index contributed by atoms with van der Waals surface area (Å²) >= 11 is 0. The molecular weight excluding hydrogens is 276 g/mol. The Balaban J connectivity index is 2.25. The molecular formula is C15H9O6-. The number of fused-ring (bicyclic) bond motifs is 1. The van der Waals surface area contributed by atoms with Crippen molar-refractivity contribution in [2.75, 3.05) is 6.61 Å². The molecule has 21 heavy (non-hydrogen) atoms. The molecule has 1 aromatic carbocycles. The van der Waals surface area contributed by atoms with Gasteiger partial charge in [-0.2, -0.15) is 0 Å². The smallest absolute Gasteiger partial charge is 0.235 e. The minimum atomic E-state index is -1.44. The molecule has 0 fully saturated rings. The highest BCUT2D eigenvalue weighted by molar-refractivity contribution is 5.81. The van der Waals surface area contributed by atoms with E-state index in [-0.39, 0.29) is 17.3 Å². The number of rotatable bonds is 4. The molecule has 0 aliphatic rings. The Morgan fingerprint density at radius 3 is 2.71 bits per heavy atom. The summed E-state index contributed by atoms with van der Waals surface area (Å²) in [6.07, 6.45) is 1.41. The van der Waals surface area contributed by atoms with Gasteiger partial charge in [-0.05, 0) is 24.3 Å². The van der Waals surface area contributed by atoms with Crippen molar-refractivity contribution < 1.29 is 23.5 Å². The highest BCUT2D eigenvalue weighted by Gasteiger charge is 2.19. The number of furan rings is 1. The van der Waals surface area contributed by atoms with Gasteiger partial charge in [-0.1, -0.05) is 12.1 Å². The van der Waals surface area contributed by atoms with Crippen LogP contribution in [0.3, 0.4) is 0 Å². The number of carboxylic acids is 1.